The maximum absolute atomic E-state index is 10.9. The summed E-state index contributed by atoms with van der Waals surface area (Å²) in [6, 6.07) is 14.3. The van der Waals surface area contributed by atoms with Crippen LogP contribution in [0.4, 0.5) is 5.69 Å². The van der Waals surface area contributed by atoms with Gasteiger partial charge in [0.1, 0.15) is 0 Å². The molecule has 0 bridgehead atoms. The largest absolute Gasteiger partial charge is 0.399 e. The Morgan fingerprint density at radius 2 is 1.28 bits per heavy atom. The van der Waals surface area contributed by atoms with Gasteiger partial charge < -0.3 is 5.73 Å². The lowest BCUT2D eigenvalue weighted by Gasteiger charge is -1.96. The van der Waals surface area contributed by atoms with Crippen LogP contribution < -0.4 is 5.73 Å². The van der Waals surface area contributed by atoms with Crippen LogP contribution in [-0.4, -0.2) is 11.0 Å². The SMILES string of the molecule is C=CC(=O)Cc1ccc(Cl)cc1.C=CC(=O)Cl.Nc1ccc(Cl)cc1. The van der Waals surface area contributed by atoms with Crippen molar-refractivity contribution in [2.75, 3.05) is 5.73 Å². The molecule has 132 valence electrons. The van der Waals surface area contributed by atoms with Crippen molar-refractivity contribution in [3.05, 3.63) is 89.4 Å². The number of benzene rings is 2. The summed E-state index contributed by atoms with van der Waals surface area (Å²) in [6.45, 7) is 6.48. The molecule has 0 radical (unpaired) electrons. The van der Waals surface area contributed by atoms with Crippen LogP contribution in [0.1, 0.15) is 5.56 Å². The molecular weight excluding hydrogens is 381 g/mol. The van der Waals surface area contributed by atoms with Crippen molar-refractivity contribution in [2.45, 2.75) is 6.42 Å². The van der Waals surface area contributed by atoms with Crippen molar-refractivity contribution in [2.24, 2.45) is 0 Å². The number of nitrogen functional groups attached to an aromatic ring is 1. The summed E-state index contributed by atoms with van der Waals surface area (Å²) in [5.74, 6) is 0.0253. The molecule has 0 unspecified atom stereocenters. The molecule has 0 aliphatic heterocycles. The maximum atomic E-state index is 10.9. The summed E-state index contributed by atoms with van der Waals surface area (Å²) >= 11 is 15.9. The van der Waals surface area contributed by atoms with E-state index in [1.54, 1.807) is 36.4 Å². The van der Waals surface area contributed by atoms with Gasteiger partial charge in [-0.25, -0.2) is 0 Å². The van der Waals surface area contributed by atoms with Crippen molar-refractivity contribution < 1.29 is 9.59 Å². The van der Waals surface area contributed by atoms with E-state index in [-0.39, 0.29) is 5.78 Å². The number of halogens is 3. The van der Waals surface area contributed by atoms with E-state index in [4.69, 9.17) is 40.5 Å². The topological polar surface area (TPSA) is 60.2 Å². The Labute approximate surface area is 162 Å². The zero-order chi connectivity index (χ0) is 19.2. The van der Waals surface area contributed by atoms with E-state index in [0.29, 0.717) is 11.4 Å². The van der Waals surface area contributed by atoms with E-state index in [1.165, 1.54) is 6.08 Å². The average molecular weight is 399 g/mol. The second kappa shape index (κ2) is 13.2. The Morgan fingerprint density at radius 1 is 0.880 bits per heavy atom. The average Bonchev–Trinajstić information content (AvgIpc) is 2.60. The molecule has 0 saturated heterocycles. The van der Waals surface area contributed by atoms with Crippen LogP contribution in [0.3, 0.4) is 0 Å². The maximum Gasteiger partial charge on any atom is 0.244 e. The molecule has 0 fully saturated rings. The molecular formula is C19H18Cl3NO2. The Hall–Kier alpha value is -2.07. The summed E-state index contributed by atoms with van der Waals surface area (Å²) in [4.78, 5) is 20.4. The lowest BCUT2D eigenvalue weighted by molar-refractivity contribution is -0.114. The quantitative estimate of drug-likeness (QED) is 0.420. The van der Waals surface area contributed by atoms with E-state index in [2.05, 4.69) is 13.2 Å². The fourth-order valence-electron chi connectivity index (χ4n) is 1.34. The molecule has 0 saturated carbocycles. The van der Waals surface area contributed by atoms with E-state index in [0.717, 1.165) is 22.3 Å². The van der Waals surface area contributed by atoms with Gasteiger partial charge in [-0.15, -0.1) is 0 Å². The predicted molar refractivity (Wildman–Crippen MR) is 107 cm³/mol. The van der Waals surface area contributed by atoms with E-state index in [1.807, 2.05) is 12.1 Å². The molecule has 0 spiro atoms. The summed E-state index contributed by atoms with van der Waals surface area (Å²) < 4.78 is 0. The molecule has 3 nitrogen and oxygen atoms in total. The lowest BCUT2D eigenvalue weighted by atomic mass is 10.1. The zero-order valence-corrected chi connectivity index (χ0v) is 15.7. The lowest BCUT2D eigenvalue weighted by Crippen LogP contribution is -1.96. The Kier molecular flexibility index (Phi) is 12.1. The standard InChI is InChI=1S/C10H9ClO.C6H6ClN.C3H3ClO/c1-2-10(12)7-8-3-5-9(11)6-4-8;7-5-1-3-6(8)4-2-5;1-2-3(4)5/h2-6H,1,7H2;1-4H,8H2;2H,1H2. The van der Waals surface area contributed by atoms with Crippen LogP contribution >= 0.6 is 34.8 Å². The number of allylic oxidation sites excluding steroid dienone is 2. The van der Waals surface area contributed by atoms with Crippen LogP contribution in [0.5, 0.6) is 0 Å². The number of carbonyl (C=O) groups is 2. The highest BCUT2D eigenvalue weighted by Gasteiger charge is 1.97. The van der Waals surface area contributed by atoms with Crippen molar-refractivity contribution in [1.29, 1.82) is 0 Å². The molecule has 0 aromatic heterocycles. The Morgan fingerprint density at radius 3 is 1.60 bits per heavy atom. The smallest absolute Gasteiger partial charge is 0.244 e. The van der Waals surface area contributed by atoms with Gasteiger partial charge in [-0.3, -0.25) is 9.59 Å². The van der Waals surface area contributed by atoms with E-state index in [9.17, 15) is 9.59 Å². The first-order valence-corrected chi connectivity index (χ1v) is 8.14. The molecule has 6 heteroatoms. The van der Waals surface area contributed by atoms with Gasteiger partial charge in [0.05, 0.1) is 0 Å². The second-order valence-electron chi connectivity index (χ2n) is 4.53. The second-order valence-corrected chi connectivity index (χ2v) is 5.78. The van der Waals surface area contributed by atoms with Crippen LogP contribution in [0.15, 0.2) is 73.8 Å². The molecule has 25 heavy (non-hydrogen) atoms. The summed E-state index contributed by atoms with van der Waals surface area (Å²) in [6.07, 6.45) is 2.77. The van der Waals surface area contributed by atoms with E-state index < -0.39 is 5.24 Å². The molecule has 2 aromatic rings. The van der Waals surface area contributed by atoms with Crippen molar-refractivity contribution in [3.8, 4) is 0 Å². The first-order chi connectivity index (χ1) is 11.8. The van der Waals surface area contributed by atoms with Gasteiger partial charge in [0, 0.05) is 22.2 Å². The summed E-state index contributed by atoms with van der Waals surface area (Å²) in [7, 11) is 0. The predicted octanol–water partition coefficient (Wildman–Crippen LogP) is 5.50. The first kappa shape index (κ1) is 22.9. The molecule has 2 aromatic carbocycles. The number of nitrogens with two attached hydrogens (primary N) is 1. The van der Waals surface area contributed by atoms with Gasteiger partial charge >= 0.3 is 0 Å². The van der Waals surface area contributed by atoms with Crippen LogP contribution in [0.2, 0.25) is 10.0 Å². The van der Waals surface area contributed by atoms with Crippen LogP contribution in [0, 0.1) is 0 Å². The van der Waals surface area contributed by atoms with Gasteiger partial charge in [0.25, 0.3) is 0 Å². The molecule has 0 aliphatic carbocycles. The number of ketones is 1. The molecule has 0 atom stereocenters. The third-order valence-electron chi connectivity index (χ3n) is 2.55. The van der Waals surface area contributed by atoms with Crippen LogP contribution in [0.25, 0.3) is 0 Å². The van der Waals surface area contributed by atoms with Crippen molar-refractivity contribution in [3.63, 3.8) is 0 Å². The van der Waals surface area contributed by atoms with Crippen molar-refractivity contribution >= 4 is 51.5 Å². The monoisotopic (exact) mass is 397 g/mol. The normalized spacial score (nSPS) is 8.76. The Balaban J connectivity index is 0.000000382. The summed E-state index contributed by atoms with van der Waals surface area (Å²) in [5, 5.41) is 0.897. The minimum Gasteiger partial charge on any atom is -0.399 e. The fourth-order valence-corrected chi connectivity index (χ4v) is 1.59. The van der Waals surface area contributed by atoms with Crippen LogP contribution in [-0.2, 0) is 16.0 Å². The minimum atomic E-state index is -0.509. The highest BCUT2D eigenvalue weighted by Crippen LogP contribution is 2.10. The van der Waals surface area contributed by atoms with Gasteiger partial charge in [-0.1, -0.05) is 48.5 Å². The Bertz CT molecular complexity index is 675. The molecule has 2 rings (SSSR count). The first-order valence-electron chi connectivity index (χ1n) is 7.01. The highest BCUT2D eigenvalue weighted by atomic mass is 35.5. The summed E-state index contributed by atoms with van der Waals surface area (Å²) in [5.41, 5.74) is 7.08. The van der Waals surface area contributed by atoms with Crippen molar-refractivity contribution in [1.82, 2.24) is 0 Å². The fraction of sp³-hybridized carbons (Fsp3) is 0.0526. The number of anilines is 1. The van der Waals surface area contributed by atoms with E-state index >= 15 is 0 Å². The molecule has 2 N–H and O–H groups in total. The number of hydrogen-bond donors (Lipinski definition) is 1. The number of rotatable bonds is 4. The molecule has 0 amide bonds. The van der Waals surface area contributed by atoms with Gasteiger partial charge in [0.2, 0.25) is 5.24 Å². The third-order valence-corrected chi connectivity index (χ3v) is 3.21. The van der Waals surface area contributed by atoms with Gasteiger partial charge in [-0.2, -0.15) is 0 Å². The van der Waals surface area contributed by atoms with Gasteiger partial charge in [-0.05, 0) is 65.7 Å². The zero-order valence-electron chi connectivity index (χ0n) is 13.4. The number of carbonyl (C=O) groups excluding carboxylic acids is 2. The highest BCUT2D eigenvalue weighted by molar-refractivity contribution is 6.66. The molecule has 0 aliphatic rings. The number of hydrogen-bond acceptors (Lipinski definition) is 3. The van der Waals surface area contributed by atoms with Gasteiger partial charge in [0.15, 0.2) is 5.78 Å². The third kappa shape index (κ3) is 13.0. The minimum absolute atomic E-state index is 0.0253. The molecule has 0 heterocycles.